The summed E-state index contributed by atoms with van der Waals surface area (Å²) in [6, 6.07) is 12.8. The van der Waals surface area contributed by atoms with Gasteiger partial charge >= 0.3 is 6.09 Å². The van der Waals surface area contributed by atoms with Gasteiger partial charge in [0, 0.05) is 37.1 Å². The van der Waals surface area contributed by atoms with Crippen LogP contribution in [0.25, 0.3) is 10.9 Å². The number of aromatic nitrogens is 1. The molecule has 0 aliphatic heterocycles. The lowest BCUT2D eigenvalue weighted by molar-refractivity contribution is -0.123. The predicted molar refractivity (Wildman–Crippen MR) is 136 cm³/mol. The van der Waals surface area contributed by atoms with Gasteiger partial charge in [-0.2, -0.15) is 0 Å². The first-order chi connectivity index (χ1) is 16.6. The van der Waals surface area contributed by atoms with Crippen LogP contribution in [0.4, 0.5) is 4.79 Å². The van der Waals surface area contributed by atoms with E-state index in [0.717, 1.165) is 22.0 Å². The Balaban J connectivity index is 1.72. The molecule has 0 saturated carbocycles. The summed E-state index contributed by atoms with van der Waals surface area (Å²) >= 11 is 0. The van der Waals surface area contributed by atoms with Crippen molar-refractivity contribution in [2.24, 2.45) is 7.05 Å². The Labute approximate surface area is 206 Å². The summed E-state index contributed by atoms with van der Waals surface area (Å²) in [5.41, 5.74) is 2.36. The molecule has 2 N–H and O–H groups in total. The fraction of sp³-hybridized carbons (Fsp3) is 0.407. The molecule has 0 aliphatic rings. The van der Waals surface area contributed by atoms with Gasteiger partial charge in [0.05, 0.1) is 14.2 Å². The van der Waals surface area contributed by atoms with Gasteiger partial charge in [0.25, 0.3) is 0 Å². The lowest BCUT2D eigenvalue weighted by Gasteiger charge is -2.23. The van der Waals surface area contributed by atoms with Gasteiger partial charge in [-0.1, -0.05) is 24.3 Å². The molecule has 35 heavy (non-hydrogen) atoms. The molecule has 0 saturated heterocycles. The number of carbonyl (C=O) groups excluding carboxylic acids is 2. The molecule has 0 fully saturated rings. The van der Waals surface area contributed by atoms with Gasteiger partial charge in [0.2, 0.25) is 5.91 Å². The Hall–Kier alpha value is -3.68. The van der Waals surface area contributed by atoms with Crippen molar-refractivity contribution >= 4 is 22.9 Å². The molecule has 2 aromatic carbocycles. The lowest BCUT2D eigenvalue weighted by Crippen LogP contribution is -2.49. The molecule has 0 aliphatic carbocycles. The second-order valence-corrected chi connectivity index (χ2v) is 9.42. The predicted octanol–water partition coefficient (Wildman–Crippen LogP) is 3.99. The van der Waals surface area contributed by atoms with E-state index in [0.29, 0.717) is 30.9 Å². The second-order valence-electron chi connectivity index (χ2n) is 9.42. The summed E-state index contributed by atoms with van der Waals surface area (Å²) in [5, 5.41) is 6.76. The Kier molecular flexibility index (Phi) is 8.27. The van der Waals surface area contributed by atoms with E-state index in [1.807, 2.05) is 60.3 Å². The number of benzene rings is 2. The van der Waals surface area contributed by atoms with Crippen LogP contribution in [0.5, 0.6) is 11.5 Å². The topological polar surface area (TPSA) is 90.8 Å². The van der Waals surface area contributed by atoms with Gasteiger partial charge in [-0.05, 0) is 56.5 Å². The van der Waals surface area contributed by atoms with Crippen molar-refractivity contribution < 1.29 is 23.8 Å². The van der Waals surface area contributed by atoms with Crippen LogP contribution in [-0.4, -0.2) is 49.0 Å². The number of hydrogen-bond acceptors (Lipinski definition) is 5. The number of hydrogen-bond donors (Lipinski definition) is 2. The first kappa shape index (κ1) is 25.9. The van der Waals surface area contributed by atoms with Crippen molar-refractivity contribution in [3.8, 4) is 11.5 Å². The number of ether oxygens (including phenoxy) is 3. The lowest BCUT2D eigenvalue weighted by atomic mass is 10.0. The number of carbonyl (C=O) groups is 2. The minimum Gasteiger partial charge on any atom is -0.493 e. The van der Waals surface area contributed by atoms with E-state index in [-0.39, 0.29) is 5.91 Å². The number of nitrogens with zero attached hydrogens (tertiary/aromatic N) is 1. The minimum absolute atomic E-state index is 0.274. The SMILES string of the molecule is COc1ccc(CCNC(=O)[C@@H](Cc2cn(C)c3ccccc23)NC(=O)OC(C)(C)C)cc1OC. The third kappa shape index (κ3) is 6.91. The molecule has 3 rings (SSSR count). The molecule has 1 atom stereocenters. The zero-order chi connectivity index (χ0) is 25.6. The summed E-state index contributed by atoms with van der Waals surface area (Å²) in [7, 11) is 5.14. The molecule has 0 radical (unpaired) electrons. The average molecular weight is 482 g/mol. The van der Waals surface area contributed by atoms with E-state index in [1.165, 1.54) is 0 Å². The van der Waals surface area contributed by atoms with Crippen molar-refractivity contribution in [3.05, 3.63) is 59.8 Å². The zero-order valence-electron chi connectivity index (χ0n) is 21.3. The van der Waals surface area contributed by atoms with Gasteiger partial charge in [-0.3, -0.25) is 4.79 Å². The Bertz CT molecular complexity index is 1180. The molecule has 0 unspecified atom stereocenters. The molecular weight excluding hydrogens is 446 g/mol. The molecule has 2 amide bonds. The van der Waals surface area contributed by atoms with Crippen molar-refractivity contribution in [2.45, 2.75) is 45.3 Å². The van der Waals surface area contributed by atoms with Gasteiger partial charge in [0.15, 0.2) is 11.5 Å². The Morgan fingerprint density at radius 3 is 2.43 bits per heavy atom. The standard InChI is InChI=1S/C27H35N3O5/c1-27(2,3)35-26(32)29-21(16-19-17-30(4)22-10-8-7-9-20(19)22)25(31)28-14-13-18-11-12-23(33-5)24(15-18)34-6/h7-12,15,17,21H,13-14,16H2,1-6H3,(H,28,31)(H,29,32)/t21-/m1/s1. The van der Waals surface area contributed by atoms with Crippen LogP contribution in [0, 0.1) is 0 Å². The molecule has 0 spiro atoms. The van der Waals surface area contributed by atoms with Crippen LogP contribution in [0.3, 0.4) is 0 Å². The number of amides is 2. The number of alkyl carbamates (subject to hydrolysis) is 1. The number of fused-ring (bicyclic) bond motifs is 1. The summed E-state index contributed by atoms with van der Waals surface area (Å²) < 4.78 is 18.1. The molecule has 1 heterocycles. The van der Waals surface area contributed by atoms with Crippen LogP contribution in [0.15, 0.2) is 48.7 Å². The van der Waals surface area contributed by atoms with Crippen molar-refractivity contribution in [1.82, 2.24) is 15.2 Å². The molecular formula is C27H35N3O5. The maximum atomic E-state index is 13.2. The molecule has 3 aromatic rings. The van der Waals surface area contributed by atoms with E-state index >= 15 is 0 Å². The highest BCUT2D eigenvalue weighted by Crippen LogP contribution is 2.27. The largest absolute Gasteiger partial charge is 0.493 e. The first-order valence-corrected chi connectivity index (χ1v) is 11.6. The third-order valence-electron chi connectivity index (χ3n) is 5.57. The number of aryl methyl sites for hydroxylation is 1. The first-order valence-electron chi connectivity index (χ1n) is 11.6. The number of methoxy groups -OCH3 is 2. The zero-order valence-corrected chi connectivity index (χ0v) is 21.3. The Morgan fingerprint density at radius 1 is 1.03 bits per heavy atom. The minimum atomic E-state index is -0.791. The van der Waals surface area contributed by atoms with Gasteiger partial charge in [0.1, 0.15) is 11.6 Å². The highest BCUT2D eigenvalue weighted by molar-refractivity contribution is 5.88. The van der Waals surface area contributed by atoms with Gasteiger partial charge in [-0.15, -0.1) is 0 Å². The maximum Gasteiger partial charge on any atom is 0.408 e. The van der Waals surface area contributed by atoms with E-state index in [2.05, 4.69) is 10.6 Å². The van der Waals surface area contributed by atoms with E-state index in [4.69, 9.17) is 14.2 Å². The van der Waals surface area contributed by atoms with Crippen molar-refractivity contribution in [3.63, 3.8) is 0 Å². The second kappa shape index (κ2) is 11.2. The molecule has 8 nitrogen and oxygen atoms in total. The maximum absolute atomic E-state index is 13.2. The fourth-order valence-corrected chi connectivity index (χ4v) is 3.96. The highest BCUT2D eigenvalue weighted by atomic mass is 16.6. The van der Waals surface area contributed by atoms with Crippen LogP contribution in [0.1, 0.15) is 31.9 Å². The van der Waals surface area contributed by atoms with Crippen LogP contribution in [0.2, 0.25) is 0 Å². The third-order valence-corrected chi connectivity index (χ3v) is 5.57. The Morgan fingerprint density at radius 2 is 1.74 bits per heavy atom. The number of nitrogens with one attached hydrogen (secondary N) is 2. The monoisotopic (exact) mass is 481 g/mol. The smallest absolute Gasteiger partial charge is 0.408 e. The number of rotatable bonds is 9. The summed E-state index contributed by atoms with van der Waals surface area (Å²) in [4.78, 5) is 25.7. The summed E-state index contributed by atoms with van der Waals surface area (Å²) in [6.45, 7) is 5.76. The van der Waals surface area contributed by atoms with Gasteiger partial charge in [-0.25, -0.2) is 4.79 Å². The molecule has 8 heteroatoms. The molecule has 1 aromatic heterocycles. The van der Waals surface area contributed by atoms with E-state index < -0.39 is 17.7 Å². The number of para-hydroxylation sites is 1. The summed E-state index contributed by atoms with van der Waals surface area (Å²) in [6.07, 6.45) is 2.30. The van der Waals surface area contributed by atoms with Crippen molar-refractivity contribution in [1.29, 1.82) is 0 Å². The van der Waals surface area contributed by atoms with Gasteiger partial charge < -0.3 is 29.4 Å². The van der Waals surface area contributed by atoms with Crippen molar-refractivity contribution in [2.75, 3.05) is 20.8 Å². The molecule has 0 bridgehead atoms. The van der Waals surface area contributed by atoms with Crippen LogP contribution in [-0.2, 0) is 29.4 Å². The normalized spacial score (nSPS) is 12.2. The van der Waals surface area contributed by atoms with E-state index in [1.54, 1.807) is 35.0 Å². The fourth-order valence-electron chi connectivity index (χ4n) is 3.96. The average Bonchev–Trinajstić information content (AvgIpc) is 3.12. The summed E-state index contributed by atoms with van der Waals surface area (Å²) in [5.74, 6) is 1.01. The quantitative estimate of drug-likeness (QED) is 0.482. The highest BCUT2D eigenvalue weighted by Gasteiger charge is 2.25. The van der Waals surface area contributed by atoms with E-state index in [9.17, 15) is 9.59 Å². The van der Waals surface area contributed by atoms with Crippen LogP contribution >= 0.6 is 0 Å². The van der Waals surface area contributed by atoms with Crippen LogP contribution < -0.4 is 20.1 Å². The molecule has 188 valence electrons.